The third-order valence-corrected chi connectivity index (χ3v) is 6.42. The zero-order valence-corrected chi connectivity index (χ0v) is 19.1. The number of carbonyl (C=O) groups is 1. The van der Waals surface area contributed by atoms with Crippen molar-refractivity contribution in [1.29, 1.82) is 0 Å². The van der Waals surface area contributed by atoms with Crippen LogP contribution in [0.1, 0.15) is 37.3 Å². The highest BCUT2D eigenvalue weighted by molar-refractivity contribution is 8.00. The van der Waals surface area contributed by atoms with Crippen LogP contribution in [-0.2, 0) is 11.3 Å². The van der Waals surface area contributed by atoms with Gasteiger partial charge in [0.2, 0.25) is 5.91 Å². The minimum atomic E-state index is -0.299. The summed E-state index contributed by atoms with van der Waals surface area (Å²) in [5.41, 5.74) is 0. The third-order valence-electron chi connectivity index (χ3n) is 5.10. The highest BCUT2D eigenvalue weighted by Crippen LogP contribution is 2.40. The average molecular weight is 461 g/mol. The fraction of sp³-hybridized carbons (Fsp3) is 0.409. The molecule has 0 spiro atoms. The highest BCUT2D eigenvalue weighted by atomic mass is 35.5. The van der Waals surface area contributed by atoms with E-state index in [1.807, 2.05) is 31.2 Å². The molecular weight excluding hydrogens is 436 g/mol. The Labute approximate surface area is 190 Å². The van der Waals surface area contributed by atoms with E-state index in [9.17, 15) is 4.79 Å². The van der Waals surface area contributed by atoms with Crippen LogP contribution in [0, 0.1) is 0 Å². The molecule has 4 rings (SSSR count). The predicted molar refractivity (Wildman–Crippen MR) is 120 cm³/mol. The minimum Gasteiger partial charge on any atom is -0.492 e. The molecular formula is C22H25ClN4O3S. The number of halogens is 1. The van der Waals surface area contributed by atoms with Crippen LogP contribution in [-0.4, -0.2) is 51.0 Å². The first-order valence-electron chi connectivity index (χ1n) is 10.3. The van der Waals surface area contributed by atoms with Crippen molar-refractivity contribution in [2.45, 2.75) is 42.6 Å². The lowest BCUT2D eigenvalue weighted by Gasteiger charge is -2.21. The molecule has 1 aliphatic carbocycles. The third kappa shape index (κ3) is 5.62. The Morgan fingerprint density at radius 3 is 2.77 bits per heavy atom. The van der Waals surface area contributed by atoms with Crippen molar-refractivity contribution in [3.8, 4) is 5.75 Å². The number of amides is 1. The van der Waals surface area contributed by atoms with Crippen molar-refractivity contribution >= 4 is 29.3 Å². The van der Waals surface area contributed by atoms with Crippen molar-refractivity contribution in [2.24, 2.45) is 0 Å². The van der Waals surface area contributed by atoms with Gasteiger partial charge >= 0.3 is 0 Å². The zero-order chi connectivity index (χ0) is 21.8. The second-order valence-electron chi connectivity index (χ2n) is 7.60. The van der Waals surface area contributed by atoms with Gasteiger partial charge in [0.05, 0.1) is 24.6 Å². The number of carbonyl (C=O) groups excluding carboxylic acids is 1. The van der Waals surface area contributed by atoms with E-state index in [0.717, 1.165) is 35.3 Å². The molecule has 2 heterocycles. The number of aromatic nitrogens is 3. The fourth-order valence-electron chi connectivity index (χ4n) is 3.20. The second kappa shape index (κ2) is 9.78. The maximum absolute atomic E-state index is 12.9. The highest BCUT2D eigenvalue weighted by Gasteiger charge is 2.32. The molecule has 0 bridgehead atoms. The Bertz CT molecular complexity index is 1000. The van der Waals surface area contributed by atoms with Crippen molar-refractivity contribution in [2.75, 3.05) is 20.2 Å². The first-order chi connectivity index (χ1) is 15.0. The summed E-state index contributed by atoms with van der Waals surface area (Å²) < 4.78 is 13.3. The number of benzene rings is 1. The Hall–Kier alpha value is -2.45. The van der Waals surface area contributed by atoms with Crippen LogP contribution in [0.2, 0.25) is 5.02 Å². The van der Waals surface area contributed by atoms with Gasteiger partial charge in [0, 0.05) is 18.0 Å². The van der Waals surface area contributed by atoms with Crippen molar-refractivity contribution < 1.29 is 13.9 Å². The van der Waals surface area contributed by atoms with E-state index in [-0.39, 0.29) is 11.2 Å². The van der Waals surface area contributed by atoms with Crippen LogP contribution in [0.4, 0.5) is 0 Å². The van der Waals surface area contributed by atoms with Crippen LogP contribution in [0.5, 0.6) is 5.75 Å². The fourth-order valence-corrected chi connectivity index (χ4v) is 4.29. The molecule has 1 unspecified atom stereocenters. The number of likely N-dealkylation sites (N-methyl/N-ethyl adjacent to an activating group) is 1. The van der Waals surface area contributed by atoms with E-state index in [0.29, 0.717) is 30.6 Å². The Kier molecular flexibility index (Phi) is 6.87. The van der Waals surface area contributed by atoms with E-state index in [1.165, 1.54) is 11.8 Å². The topological polar surface area (TPSA) is 73.4 Å². The van der Waals surface area contributed by atoms with E-state index in [1.54, 1.807) is 30.3 Å². The second-order valence-corrected chi connectivity index (χ2v) is 9.35. The van der Waals surface area contributed by atoms with Gasteiger partial charge in [-0.2, -0.15) is 0 Å². The first-order valence-corrected chi connectivity index (χ1v) is 11.5. The summed E-state index contributed by atoms with van der Waals surface area (Å²) in [6.45, 7) is 3.35. The standard InChI is InChI=1S/C22H25ClN4O3S/c1-15(21(28)26(2)11-13-30-18-9-7-17(23)8-10-18)31-22-25-24-20(16-5-6-16)27(22)14-19-4-3-12-29-19/h3-4,7-10,12,15-16H,5-6,11,13-14H2,1-2H3. The van der Waals surface area contributed by atoms with Gasteiger partial charge in [0.15, 0.2) is 5.16 Å². The monoisotopic (exact) mass is 460 g/mol. The Morgan fingerprint density at radius 1 is 1.32 bits per heavy atom. The molecule has 1 saturated carbocycles. The first kappa shape index (κ1) is 21.8. The van der Waals surface area contributed by atoms with Gasteiger partial charge in [-0.15, -0.1) is 10.2 Å². The lowest BCUT2D eigenvalue weighted by Crippen LogP contribution is -2.36. The number of ether oxygens (including phenoxy) is 1. The predicted octanol–water partition coefficient (Wildman–Crippen LogP) is 4.47. The summed E-state index contributed by atoms with van der Waals surface area (Å²) in [5, 5.41) is 9.88. The van der Waals surface area contributed by atoms with E-state index >= 15 is 0 Å². The van der Waals surface area contributed by atoms with Crippen molar-refractivity contribution in [1.82, 2.24) is 19.7 Å². The molecule has 9 heteroatoms. The molecule has 1 aromatic carbocycles. The van der Waals surface area contributed by atoms with Crippen LogP contribution >= 0.6 is 23.4 Å². The summed E-state index contributed by atoms with van der Waals surface area (Å²) in [4.78, 5) is 14.6. The van der Waals surface area contributed by atoms with Crippen molar-refractivity contribution in [3.05, 3.63) is 59.3 Å². The molecule has 2 aromatic heterocycles. The number of hydrogen-bond donors (Lipinski definition) is 0. The summed E-state index contributed by atoms with van der Waals surface area (Å²) in [6, 6.07) is 11.0. The lowest BCUT2D eigenvalue weighted by molar-refractivity contribution is -0.129. The maximum atomic E-state index is 12.9. The van der Waals surface area contributed by atoms with Crippen LogP contribution in [0.25, 0.3) is 0 Å². The molecule has 0 aliphatic heterocycles. The van der Waals surface area contributed by atoms with Gasteiger partial charge in [0.25, 0.3) is 0 Å². The van der Waals surface area contributed by atoms with Gasteiger partial charge in [0.1, 0.15) is 23.9 Å². The van der Waals surface area contributed by atoms with Gasteiger partial charge in [-0.05, 0) is 56.2 Å². The zero-order valence-electron chi connectivity index (χ0n) is 17.5. The molecule has 1 atom stereocenters. The van der Waals surface area contributed by atoms with E-state index in [2.05, 4.69) is 14.8 Å². The number of rotatable bonds is 10. The Morgan fingerprint density at radius 2 is 2.10 bits per heavy atom. The summed E-state index contributed by atoms with van der Waals surface area (Å²) >= 11 is 7.31. The molecule has 164 valence electrons. The summed E-state index contributed by atoms with van der Waals surface area (Å²) in [5.74, 6) is 3.02. The van der Waals surface area contributed by atoms with Crippen LogP contribution in [0.15, 0.2) is 52.2 Å². The molecule has 31 heavy (non-hydrogen) atoms. The molecule has 7 nitrogen and oxygen atoms in total. The SMILES string of the molecule is CC(Sc1nnc(C2CC2)n1Cc1ccco1)C(=O)N(C)CCOc1ccc(Cl)cc1. The number of furan rings is 1. The smallest absolute Gasteiger partial charge is 0.235 e. The minimum absolute atomic E-state index is 0.0187. The molecule has 1 aliphatic rings. The van der Waals surface area contributed by atoms with Crippen molar-refractivity contribution in [3.63, 3.8) is 0 Å². The molecule has 1 fully saturated rings. The molecule has 0 radical (unpaired) electrons. The van der Waals surface area contributed by atoms with Crippen LogP contribution < -0.4 is 4.74 Å². The maximum Gasteiger partial charge on any atom is 0.235 e. The quantitative estimate of drug-likeness (QED) is 0.415. The van der Waals surface area contributed by atoms with Crippen LogP contribution in [0.3, 0.4) is 0 Å². The summed E-state index contributed by atoms with van der Waals surface area (Å²) in [7, 11) is 1.79. The normalized spacial score (nSPS) is 14.4. The molecule has 1 amide bonds. The Balaban J connectivity index is 1.34. The summed E-state index contributed by atoms with van der Waals surface area (Å²) in [6.07, 6.45) is 3.92. The largest absolute Gasteiger partial charge is 0.492 e. The van der Waals surface area contributed by atoms with Gasteiger partial charge in [-0.25, -0.2) is 0 Å². The number of hydrogen-bond acceptors (Lipinski definition) is 6. The van der Waals surface area contributed by atoms with E-state index in [4.69, 9.17) is 20.8 Å². The molecule has 3 aromatic rings. The molecule has 0 N–H and O–H groups in total. The lowest BCUT2D eigenvalue weighted by atomic mass is 10.3. The average Bonchev–Trinajstić information content (AvgIpc) is 3.34. The van der Waals surface area contributed by atoms with E-state index < -0.39 is 0 Å². The van der Waals surface area contributed by atoms with Gasteiger partial charge in [-0.1, -0.05) is 23.4 Å². The molecule has 0 saturated heterocycles. The number of nitrogens with zero attached hydrogens (tertiary/aromatic N) is 4. The number of thioether (sulfide) groups is 1. The van der Waals surface area contributed by atoms with Gasteiger partial charge < -0.3 is 14.1 Å². The van der Waals surface area contributed by atoms with Gasteiger partial charge in [-0.3, -0.25) is 9.36 Å².